The van der Waals surface area contributed by atoms with Crippen LogP contribution in [0.25, 0.3) is 11.0 Å². The fraction of sp³-hybridized carbons (Fsp3) is 0.300. The van der Waals surface area contributed by atoms with Crippen molar-refractivity contribution in [1.82, 2.24) is 13.9 Å². The molecule has 4 aromatic rings. The van der Waals surface area contributed by atoms with E-state index in [4.69, 9.17) is 9.47 Å². The van der Waals surface area contributed by atoms with Gasteiger partial charge in [-0.3, -0.25) is 4.79 Å². The number of hydrogen-bond acceptors (Lipinski definition) is 6. The first-order valence-electron chi connectivity index (χ1n) is 13.2. The highest BCUT2D eigenvalue weighted by atomic mass is 79.9. The van der Waals surface area contributed by atoms with Gasteiger partial charge in [0.1, 0.15) is 11.4 Å². The lowest BCUT2D eigenvalue weighted by Gasteiger charge is -2.17. The number of halogens is 1. The van der Waals surface area contributed by atoms with Gasteiger partial charge >= 0.3 is 6.09 Å². The van der Waals surface area contributed by atoms with Gasteiger partial charge in [0.15, 0.2) is 0 Å². The molecule has 0 saturated heterocycles. The second kappa shape index (κ2) is 13.0. The number of carbonyl (C=O) groups is 2. The Labute approximate surface area is 253 Å². The highest BCUT2D eigenvalue weighted by Crippen LogP contribution is 2.19. The Balaban J connectivity index is 1.62. The predicted octanol–water partition coefficient (Wildman–Crippen LogP) is 5.25. The van der Waals surface area contributed by atoms with Gasteiger partial charge < -0.3 is 18.6 Å². The molecule has 1 heterocycles. The van der Waals surface area contributed by atoms with Crippen molar-refractivity contribution in [2.45, 2.75) is 45.9 Å². The Morgan fingerprint density at radius 3 is 2.31 bits per heavy atom. The number of ether oxygens (including phenoxy) is 2. The number of aryl methyl sites for hydroxylation is 1. The van der Waals surface area contributed by atoms with Crippen LogP contribution in [0.1, 0.15) is 43.1 Å². The molecule has 0 spiro atoms. The molecular formula is C30H33BrN4O6S. The molecule has 0 aliphatic rings. The summed E-state index contributed by atoms with van der Waals surface area (Å²) in [7, 11) is -3.69. The third-order valence-electron chi connectivity index (χ3n) is 5.93. The van der Waals surface area contributed by atoms with Crippen LogP contribution in [-0.4, -0.2) is 48.0 Å². The summed E-state index contributed by atoms with van der Waals surface area (Å²) in [5.41, 5.74) is 2.75. The first kappa shape index (κ1) is 31.0. The van der Waals surface area contributed by atoms with Crippen LogP contribution in [0.3, 0.4) is 0 Å². The van der Waals surface area contributed by atoms with Gasteiger partial charge in [0, 0.05) is 16.6 Å². The summed E-state index contributed by atoms with van der Waals surface area (Å²) >= 11 is 3.53. The third kappa shape index (κ3) is 8.56. The zero-order valence-corrected chi connectivity index (χ0v) is 26.2. The van der Waals surface area contributed by atoms with Crippen LogP contribution in [0.15, 0.2) is 82.3 Å². The van der Waals surface area contributed by atoms with Gasteiger partial charge in [-0.25, -0.2) is 17.9 Å². The number of rotatable bonds is 9. The second-order valence-electron chi connectivity index (χ2n) is 10.7. The van der Waals surface area contributed by atoms with E-state index in [1.807, 2.05) is 62.4 Å². The number of amides is 2. The summed E-state index contributed by atoms with van der Waals surface area (Å²) in [6.07, 6.45) is 0.781. The van der Waals surface area contributed by atoms with Crippen LogP contribution in [0.2, 0.25) is 0 Å². The molecule has 0 atom stereocenters. The van der Waals surface area contributed by atoms with Crippen LogP contribution in [0, 0.1) is 0 Å². The molecular weight excluding hydrogens is 624 g/mol. The standard InChI is InChI=1S/C30H33BrN4O6S/c1-30(2,3)41-29(37)32-28-34(16-9-17-40-24-13-8-11-22(19-24)27(36)33-42(4,38)39)25-14-5-6-15-26(25)35(28)20-21-10-7-12-23(31)18-21/h5-8,10-15,18-19H,9,16-17,20H2,1-4H3,(H,33,36). The molecule has 0 radical (unpaired) electrons. The largest absolute Gasteiger partial charge is 0.494 e. The summed E-state index contributed by atoms with van der Waals surface area (Å²) in [4.78, 5) is 29.5. The maximum Gasteiger partial charge on any atom is 0.437 e. The minimum Gasteiger partial charge on any atom is -0.494 e. The molecule has 0 aliphatic heterocycles. The topological polar surface area (TPSA) is 121 Å². The minimum absolute atomic E-state index is 0.168. The van der Waals surface area contributed by atoms with Crippen molar-refractivity contribution in [2.24, 2.45) is 4.99 Å². The normalized spacial score (nSPS) is 12.4. The Kier molecular flexibility index (Phi) is 9.57. The molecule has 0 fully saturated rings. The maximum atomic E-state index is 12.9. The third-order valence-corrected chi connectivity index (χ3v) is 6.98. The predicted molar refractivity (Wildman–Crippen MR) is 164 cm³/mol. The molecule has 10 nitrogen and oxygen atoms in total. The zero-order chi connectivity index (χ0) is 30.5. The highest BCUT2D eigenvalue weighted by Gasteiger charge is 2.18. The van der Waals surface area contributed by atoms with E-state index < -0.39 is 27.6 Å². The van der Waals surface area contributed by atoms with Crippen LogP contribution >= 0.6 is 15.9 Å². The van der Waals surface area contributed by atoms with Crippen LogP contribution in [-0.2, 0) is 27.8 Å². The number of sulfonamides is 1. The molecule has 3 aromatic carbocycles. The molecule has 0 bridgehead atoms. The second-order valence-corrected chi connectivity index (χ2v) is 13.3. The minimum atomic E-state index is -3.69. The molecule has 222 valence electrons. The van der Waals surface area contributed by atoms with Crippen molar-refractivity contribution in [3.8, 4) is 5.75 Å². The van der Waals surface area contributed by atoms with Crippen molar-refractivity contribution >= 4 is 49.0 Å². The average Bonchev–Trinajstić information content (AvgIpc) is 3.16. The highest BCUT2D eigenvalue weighted by molar-refractivity contribution is 9.10. The van der Waals surface area contributed by atoms with Crippen molar-refractivity contribution < 1.29 is 27.5 Å². The lowest BCUT2D eigenvalue weighted by atomic mass is 10.2. The quantitative estimate of drug-likeness (QED) is 0.246. The number of carbonyl (C=O) groups excluding carboxylic acids is 2. The summed E-state index contributed by atoms with van der Waals surface area (Å²) in [5.74, 6) is -0.304. The van der Waals surface area contributed by atoms with Gasteiger partial charge in [0.05, 0.1) is 30.4 Å². The van der Waals surface area contributed by atoms with Crippen molar-refractivity contribution in [3.63, 3.8) is 0 Å². The Morgan fingerprint density at radius 2 is 1.64 bits per heavy atom. The summed E-state index contributed by atoms with van der Waals surface area (Å²) in [6, 6.07) is 22.1. The number of aromatic nitrogens is 2. The van der Waals surface area contributed by atoms with Gasteiger partial charge in [-0.1, -0.05) is 46.3 Å². The molecule has 12 heteroatoms. The van der Waals surface area contributed by atoms with E-state index in [2.05, 4.69) is 20.9 Å². The smallest absolute Gasteiger partial charge is 0.437 e. The molecule has 0 unspecified atom stereocenters. The fourth-order valence-electron chi connectivity index (χ4n) is 4.33. The van der Waals surface area contributed by atoms with Crippen molar-refractivity contribution in [1.29, 1.82) is 0 Å². The number of benzene rings is 3. The fourth-order valence-corrected chi connectivity index (χ4v) is 5.23. The average molecular weight is 658 g/mol. The van der Waals surface area contributed by atoms with Gasteiger partial charge in [-0.15, -0.1) is 4.99 Å². The van der Waals surface area contributed by atoms with E-state index in [0.717, 1.165) is 27.3 Å². The van der Waals surface area contributed by atoms with Gasteiger partial charge in [-0.05, 0) is 75.2 Å². The SMILES string of the molecule is CC(C)(C)OC(=O)N=c1n(CCCOc2cccc(C(=O)NS(C)(=O)=O)c2)c2ccccc2n1Cc1cccc(Br)c1. The van der Waals surface area contributed by atoms with Crippen molar-refractivity contribution in [2.75, 3.05) is 12.9 Å². The van der Waals surface area contributed by atoms with Crippen LogP contribution in [0.5, 0.6) is 5.75 Å². The maximum absolute atomic E-state index is 12.9. The number of nitrogens with zero attached hydrogens (tertiary/aromatic N) is 3. The molecule has 2 amide bonds. The zero-order valence-electron chi connectivity index (χ0n) is 23.8. The first-order valence-corrected chi connectivity index (χ1v) is 15.9. The number of fused-ring (bicyclic) bond motifs is 1. The summed E-state index contributed by atoms with van der Waals surface area (Å²) in [6.45, 7) is 6.63. The monoisotopic (exact) mass is 656 g/mol. The molecule has 0 aliphatic carbocycles. The van der Waals surface area contributed by atoms with E-state index >= 15 is 0 Å². The number of nitrogens with one attached hydrogen (secondary N) is 1. The summed E-state index contributed by atoms with van der Waals surface area (Å²) < 4.78 is 41.1. The Hall–Kier alpha value is -3.90. The van der Waals surface area contributed by atoms with Crippen LogP contribution < -0.4 is 15.1 Å². The lowest BCUT2D eigenvalue weighted by molar-refractivity contribution is 0.0593. The van der Waals surface area contributed by atoms with E-state index in [9.17, 15) is 18.0 Å². The number of imidazole rings is 1. The van der Waals surface area contributed by atoms with E-state index in [0.29, 0.717) is 37.5 Å². The van der Waals surface area contributed by atoms with E-state index in [1.54, 1.807) is 32.9 Å². The molecule has 4 rings (SSSR count). The van der Waals surface area contributed by atoms with Gasteiger partial charge in [0.25, 0.3) is 5.91 Å². The van der Waals surface area contributed by atoms with Crippen LogP contribution in [0.4, 0.5) is 4.79 Å². The lowest BCUT2D eigenvalue weighted by Crippen LogP contribution is -2.30. The Bertz CT molecular complexity index is 1790. The number of para-hydroxylation sites is 2. The van der Waals surface area contributed by atoms with Gasteiger partial charge in [0.2, 0.25) is 15.6 Å². The molecule has 0 saturated carbocycles. The molecule has 42 heavy (non-hydrogen) atoms. The Morgan fingerprint density at radius 1 is 0.952 bits per heavy atom. The van der Waals surface area contributed by atoms with Crippen molar-refractivity contribution in [3.05, 3.63) is 94.0 Å². The molecule has 1 aromatic heterocycles. The summed E-state index contributed by atoms with van der Waals surface area (Å²) in [5, 5.41) is 0. The van der Waals surface area contributed by atoms with E-state index in [1.165, 1.54) is 12.1 Å². The van der Waals surface area contributed by atoms with E-state index in [-0.39, 0.29) is 5.56 Å². The molecule has 1 N–H and O–H groups in total. The first-order chi connectivity index (χ1) is 19.8. The van der Waals surface area contributed by atoms with Gasteiger partial charge in [-0.2, -0.15) is 0 Å². The number of hydrogen-bond donors (Lipinski definition) is 1.